The van der Waals surface area contributed by atoms with Crippen molar-refractivity contribution in [2.45, 2.75) is 63.5 Å². The third kappa shape index (κ3) is 4.56. The zero-order valence-corrected chi connectivity index (χ0v) is 19.8. The van der Waals surface area contributed by atoms with Gasteiger partial charge in [-0.1, -0.05) is 61.9 Å². The van der Waals surface area contributed by atoms with Gasteiger partial charge >= 0.3 is 12.1 Å². The van der Waals surface area contributed by atoms with Gasteiger partial charge in [0.1, 0.15) is 12.6 Å². The number of carboxylic acid groups (broad SMARTS) is 1. The molecule has 0 spiro atoms. The predicted molar refractivity (Wildman–Crippen MR) is 131 cm³/mol. The van der Waals surface area contributed by atoms with E-state index < -0.39 is 18.1 Å². The molecule has 2 bridgehead atoms. The molecule has 5 rings (SSSR count). The highest BCUT2D eigenvalue weighted by Gasteiger charge is 2.42. The Morgan fingerprint density at radius 1 is 1.15 bits per heavy atom. The van der Waals surface area contributed by atoms with Crippen molar-refractivity contribution in [3.63, 3.8) is 0 Å². The molecule has 2 fully saturated rings. The number of nitrogens with one attached hydrogen (secondary N) is 1. The average molecular weight is 463 g/mol. The van der Waals surface area contributed by atoms with Gasteiger partial charge < -0.3 is 15.2 Å². The van der Waals surface area contributed by atoms with Crippen molar-refractivity contribution in [1.82, 2.24) is 10.2 Å². The zero-order valence-electron chi connectivity index (χ0n) is 19.8. The molecule has 3 unspecified atom stereocenters. The van der Waals surface area contributed by atoms with Crippen molar-refractivity contribution in [2.75, 3.05) is 19.7 Å². The molecule has 0 radical (unpaired) electrons. The summed E-state index contributed by atoms with van der Waals surface area (Å²) in [7, 11) is 0. The fraction of sp³-hybridized carbons (Fsp3) is 0.500. The second-order valence-electron chi connectivity index (χ2n) is 10.5. The van der Waals surface area contributed by atoms with Crippen molar-refractivity contribution in [3.05, 3.63) is 59.7 Å². The number of nitrogens with zero attached hydrogens (tertiary/aromatic N) is 1. The highest BCUT2D eigenvalue weighted by atomic mass is 16.5. The maximum atomic E-state index is 12.5. The van der Waals surface area contributed by atoms with Gasteiger partial charge in [-0.15, -0.1) is 0 Å². The SMILES string of the molecule is CC12CCCC(C1)N(CCCC(NC(=O)OCC1c3ccccc3-c3ccccc31)C(=O)O)C2. The Hall–Kier alpha value is -2.86. The molecule has 3 atom stereocenters. The Kier molecular flexibility index (Phi) is 6.34. The van der Waals surface area contributed by atoms with Crippen LogP contribution in [0.25, 0.3) is 11.1 Å². The van der Waals surface area contributed by atoms with Crippen LogP contribution in [0.4, 0.5) is 4.79 Å². The Morgan fingerprint density at radius 3 is 2.47 bits per heavy atom. The van der Waals surface area contributed by atoms with E-state index in [-0.39, 0.29) is 12.5 Å². The van der Waals surface area contributed by atoms with E-state index in [2.05, 4.69) is 41.4 Å². The summed E-state index contributed by atoms with van der Waals surface area (Å²) in [5, 5.41) is 12.2. The van der Waals surface area contributed by atoms with Crippen LogP contribution in [-0.4, -0.2) is 53.8 Å². The van der Waals surface area contributed by atoms with Crippen molar-refractivity contribution >= 4 is 12.1 Å². The number of alkyl carbamates (subject to hydrolysis) is 1. The van der Waals surface area contributed by atoms with E-state index in [1.54, 1.807) is 0 Å². The molecule has 1 heterocycles. The van der Waals surface area contributed by atoms with Crippen LogP contribution in [0.5, 0.6) is 0 Å². The van der Waals surface area contributed by atoms with Crippen LogP contribution in [-0.2, 0) is 9.53 Å². The molecule has 6 heteroatoms. The molecular formula is C28H34N2O4. The van der Waals surface area contributed by atoms with Crippen molar-refractivity contribution in [1.29, 1.82) is 0 Å². The molecule has 6 nitrogen and oxygen atoms in total. The monoisotopic (exact) mass is 462 g/mol. The molecule has 2 aliphatic carbocycles. The minimum atomic E-state index is -1.01. The molecule has 180 valence electrons. The molecule has 2 N–H and O–H groups in total. The standard InChI is InChI=1S/C28H34N2O4/c1-28-14-6-8-19(16-28)30(18-28)15-7-13-25(26(31)32)29-27(33)34-17-24-22-11-4-2-9-20(22)21-10-3-5-12-23(21)24/h2-5,9-12,19,24-25H,6-8,13-18H2,1H3,(H,29,33)(H,31,32). The van der Waals surface area contributed by atoms with Gasteiger partial charge in [-0.3, -0.25) is 4.90 Å². The lowest BCUT2D eigenvalue weighted by molar-refractivity contribution is -0.139. The number of aliphatic carboxylic acids is 1. The number of carboxylic acids is 1. The van der Waals surface area contributed by atoms with Gasteiger partial charge in [0, 0.05) is 18.5 Å². The molecular weight excluding hydrogens is 428 g/mol. The number of ether oxygens (including phenoxy) is 1. The van der Waals surface area contributed by atoms with E-state index >= 15 is 0 Å². The van der Waals surface area contributed by atoms with E-state index in [9.17, 15) is 14.7 Å². The summed E-state index contributed by atoms with van der Waals surface area (Å²) in [4.78, 5) is 26.9. The number of benzene rings is 2. The highest BCUT2D eigenvalue weighted by molar-refractivity contribution is 5.81. The van der Waals surface area contributed by atoms with Gasteiger partial charge in [0.05, 0.1) is 0 Å². The number of carbonyl (C=O) groups is 2. The fourth-order valence-corrected chi connectivity index (χ4v) is 6.41. The van der Waals surface area contributed by atoms with Crippen LogP contribution in [0, 0.1) is 5.41 Å². The van der Waals surface area contributed by atoms with E-state index in [0.29, 0.717) is 17.9 Å². The van der Waals surface area contributed by atoms with Gasteiger partial charge in [-0.25, -0.2) is 9.59 Å². The molecule has 3 aliphatic rings. The van der Waals surface area contributed by atoms with Gasteiger partial charge in [0.25, 0.3) is 0 Å². The van der Waals surface area contributed by atoms with Gasteiger partial charge in [0.2, 0.25) is 0 Å². The molecule has 1 saturated carbocycles. The molecule has 2 aromatic carbocycles. The Morgan fingerprint density at radius 2 is 1.82 bits per heavy atom. The number of amides is 1. The maximum Gasteiger partial charge on any atom is 0.407 e. The van der Waals surface area contributed by atoms with Crippen LogP contribution >= 0.6 is 0 Å². The average Bonchev–Trinajstić information content (AvgIpc) is 3.26. The van der Waals surface area contributed by atoms with Gasteiger partial charge in [0.15, 0.2) is 0 Å². The second kappa shape index (κ2) is 9.41. The molecule has 1 amide bonds. The number of likely N-dealkylation sites (tertiary alicyclic amines) is 1. The highest BCUT2D eigenvalue weighted by Crippen LogP contribution is 2.45. The van der Waals surface area contributed by atoms with E-state index in [1.807, 2.05) is 24.3 Å². The summed E-state index contributed by atoms with van der Waals surface area (Å²) in [5.74, 6) is -1.06. The Bertz CT molecular complexity index is 1020. The first kappa shape index (κ1) is 22.9. The zero-order chi connectivity index (χ0) is 23.7. The van der Waals surface area contributed by atoms with Gasteiger partial charge in [-0.05, 0) is 66.3 Å². The summed E-state index contributed by atoms with van der Waals surface area (Å²) >= 11 is 0. The predicted octanol–water partition coefficient (Wildman–Crippen LogP) is 5.02. The van der Waals surface area contributed by atoms with Crippen molar-refractivity contribution in [2.24, 2.45) is 5.41 Å². The summed E-state index contributed by atoms with van der Waals surface area (Å²) < 4.78 is 5.55. The first-order valence-corrected chi connectivity index (χ1v) is 12.5. The van der Waals surface area contributed by atoms with Gasteiger partial charge in [-0.2, -0.15) is 0 Å². The van der Waals surface area contributed by atoms with E-state index in [0.717, 1.165) is 41.8 Å². The summed E-state index contributed by atoms with van der Waals surface area (Å²) in [6.45, 7) is 4.55. The maximum absolute atomic E-state index is 12.5. The molecule has 0 aromatic heterocycles. The molecule has 2 aromatic rings. The van der Waals surface area contributed by atoms with Crippen LogP contribution in [0.1, 0.15) is 62.5 Å². The van der Waals surface area contributed by atoms with Crippen LogP contribution in [0.2, 0.25) is 0 Å². The minimum absolute atomic E-state index is 0.0442. The number of hydrogen-bond donors (Lipinski definition) is 2. The first-order chi connectivity index (χ1) is 16.4. The Balaban J connectivity index is 1.14. The quantitative estimate of drug-likeness (QED) is 0.576. The third-order valence-electron chi connectivity index (χ3n) is 8.02. The number of fused-ring (bicyclic) bond motifs is 5. The number of carbonyl (C=O) groups excluding carboxylic acids is 1. The normalized spacial score (nSPS) is 24.3. The lowest BCUT2D eigenvalue weighted by atomic mass is 9.78. The minimum Gasteiger partial charge on any atom is -0.480 e. The Labute approximate surface area is 201 Å². The number of rotatable bonds is 8. The van der Waals surface area contributed by atoms with E-state index in [4.69, 9.17) is 4.74 Å². The van der Waals surface area contributed by atoms with Crippen LogP contribution in [0.3, 0.4) is 0 Å². The lowest BCUT2D eigenvalue weighted by Crippen LogP contribution is -2.42. The smallest absolute Gasteiger partial charge is 0.407 e. The summed E-state index contributed by atoms with van der Waals surface area (Å²) in [6.07, 6.45) is 5.56. The lowest BCUT2D eigenvalue weighted by Gasteiger charge is -2.27. The molecule has 1 aliphatic heterocycles. The number of hydrogen-bond acceptors (Lipinski definition) is 4. The fourth-order valence-electron chi connectivity index (χ4n) is 6.41. The summed E-state index contributed by atoms with van der Waals surface area (Å²) in [6, 6.07) is 16.0. The second-order valence-corrected chi connectivity index (χ2v) is 10.5. The van der Waals surface area contributed by atoms with Crippen molar-refractivity contribution < 1.29 is 19.4 Å². The summed E-state index contributed by atoms with van der Waals surface area (Å²) in [5.41, 5.74) is 5.02. The van der Waals surface area contributed by atoms with Crippen LogP contribution in [0.15, 0.2) is 48.5 Å². The molecule has 1 saturated heterocycles. The topological polar surface area (TPSA) is 78.9 Å². The first-order valence-electron chi connectivity index (χ1n) is 12.5. The third-order valence-corrected chi connectivity index (χ3v) is 8.02. The van der Waals surface area contributed by atoms with Crippen LogP contribution < -0.4 is 5.32 Å². The largest absolute Gasteiger partial charge is 0.480 e. The molecule has 34 heavy (non-hydrogen) atoms. The van der Waals surface area contributed by atoms with E-state index in [1.165, 1.54) is 25.7 Å². The van der Waals surface area contributed by atoms with Crippen molar-refractivity contribution in [3.8, 4) is 11.1 Å².